The third-order valence-corrected chi connectivity index (χ3v) is 3.05. The minimum atomic E-state index is -0.259. The maximum atomic E-state index is 12.9. The van der Waals surface area contributed by atoms with Gasteiger partial charge in [-0.15, -0.1) is 0 Å². The van der Waals surface area contributed by atoms with Crippen LogP contribution in [0.2, 0.25) is 0 Å². The molecule has 0 bridgehead atoms. The smallest absolute Gasteiger partial charge is 0.221 e. The monoisotopic (exact) mass is 286 g/mol. The van der Waals surface area contributed by atoms with Crippen molar-refractivity contribution in [1.82, 2.24) is 24.5 Å². The highest BCUT2D eigenvalue weighted by Gasteiger charge is 2.05. The van der Waals surface area contributed by atoms with Gasteiger partial charge < -0.3 is 5.32 Å². The molecule has 2 heterocycles. The van der Waals surface area contributed by atoms with Crippen LogP contribution < -0.4 is 5.32 Å². The largest absolute Gasteiger partial charge is 0.350 e. The second-order valence-corrected chi connectivity index (χ2v) is 4.73. The zero-order valence-electron chi connectivity index (χ0n) is 11.8. The molecule has 0 atom stereocenters. The summed E-state index contributed by atoms with van der Waals surface area (Å²) in [6.07, 6.45) is 3.66. The Balaban J connectivity index is 1.70. The second-order valence-electron chi connectivity index (χ2n) is 4.73. The van der Waals surface area contributed by atoms with Crippen molar-refractivity contribution in [2.24, 2.45) is 7.05 Å². The molecule has 3 aromatic rings. The Kier molecular flexibility index (Phi) is 3.39. The summed E-state index contributed by atoms with van der Waals surface area (Å²) >= 11 is 0. The fourth-order valence-electron chi connectivity index (χ4n) is 2.03. The van der Waals surface area contributed by atoms with Crippen LogP contribution in [0.1, 0.15) is 11.4 Å². The number of benzene rings is 1. The van der Waals surface area contributed by atoms with Crippen LogP contribution in [0.4, 0.5) is 10.3 Å². The van der Waals surface area contributed by atoms with E-state index in [0.29, 0.717) is 12.5 Å². The molecule has 3 rings (SSSR count). The lowest BCUT2D eigenvalue weighted by Crippen LogP contribution is -2.05. The van der Waals surface area contributed by atoms with E-state index >= 15 is 0 Å². The molecule has 7 heteroatoms. The summed E-state index contributed by atoms with van der Waals surface area (Å²) in [7, 11) is 1.84. The highest BCUT2D eigenvalue weighted by Crippen LogP contribution is 2.11. The van der Waals surface area contributed by atoms with E-state index in [1.807, 2.05) is 20.2 Å². The van der Waals surface area contributed by atoms with E-state index in [1.54, 1.807) is 27.7 Å². The molecule has 0 saturated carbocycles. The van der Waals surface area contributed by atoms with Crippen molar-refractivity contribution >= 4 is 5.95 Å². The van der Waals surface area contributed by atoms with Crippen molar-refractivity contribution in [1.29, 1.82) is 0 Å². The molecule has 0 spiro atoms. The van der Waals surface area contributed by atoms with Gasteiger partial charge in [0, 0.05) is 25.4 Å². The van der Waals surface area contributed by atoms with Crippen LogP contribution in [-0.4, -0.2) is 24.5 Å². The zero-order valence-corrected chi connectivity index (χ0v) is 11.8. The van der Waals surface area contributed by atoms with Gasteiger partial charge in [-0.25, -0.2) is 13.8 Å². The predicted octanol–water partition coefficient (Wildman–Crippen LogP) is 2.06. The molecule has 0 radical (unpaired) electrons. The summed E-state index contributed by atoms with van der Waals surface area (Å²) in [4.78, 5) is 4.27. The number of rotatable bonds is 4. The summed E-state index contributed by atoms with van der Waals surface area (Å²) in [6.45, 7) is 2.44. The molecular formula is C14H15FN6. The van der Waals surface area contributed by atoms with Gasteiger partial charge >= 0.3 is 0 Å². The third-order valence-electron chi connectivity index (χ3n) is 3.05. The normalized spacial score (nSPS) is 10.8. The molecule has 0 unspecified atom stereocenters. The van der Waals surface area contributed by atoms with Crippen LogP contribution >= 0.6 is 0 Å². The van der Waals surface area contributed by atoms with Gasteiger partial charge in [0.25, 0.3) is 0 Å². The van der Waals surface area contributed by atoms with E-state index in [9.17, 15) is 4.39 Å². The van der Waals surface area contributed by atoms with Gasteiger partial charge in [-0.2, -0.15) is 15.2 Å². The lowest BCUT2D eigenvalue weighted by atomic mass is 10.3. The fourth-order valence-corrected chi connectivity index (χ4v) is 2.03. The van der Waals surface area contributed by atoms with Gasteiger partial charge in [-0.05, 0) is 31.2 Å². The predicted molar refractivity (Wildman–Crippen MR) is 76.6 cm³/mol. The summed E-state index contributed by atoms with van der Waals surface area (Å²) in [5.74, 6) is 1.18. The summed E-state index contributed by atoms with van der Waals surface area (Å²) in [6, 6.07) is 6.20. The van der Waals surface area contributed by atoms with Crippen molar-refractivity contribution in [2.45, 2.75) is 13.5 Å². The van der Waals surface area contributed by atoms with Crippen molar-refractivity contribution < 1.29 is 4.39 Å². The fraction of sp³-hybridized carbons (Fsp3) is 0.214. The number of aromatic nitrogens is 5. The molecule has 0 saturated heterocycles. The Morgan fingerprint density at radius 3 is 2.67 bits per heavy atom. The number of hydrogen-bond donors (Lipinski definition) is 1. The van der Waals surface area contributed by atoms with Crippen LogP contribution in [0.15, 0.2) is 36.7 Å². The first-order chi connectivity index (χ1) is 10.1. The minimum absolute atomic E-state index is 0.259. The average Bonchev–Trinajstić information content (AvgIpc) is 3.04. The molecule has 6 nitrogen and oxygen atoms in total. The van der Waals surface area contributed by atoms with Crippen LogP contribution in [0.3, 0.4) is 0 Å². The van der Waals surface area contributed by atoms with Gasteiger partial charge in [0.2, 0.25) is 5.95 Å². The topological polar surface area (TPSA) is 60.6 Å². The maximum Gasteiger partial charge on any atom is 0.221 e. The van der Waals surface area contributed by atoms with Gasteiger partial charge in [0.15, 0.2) is 0 Å². The first kappa shape index (κ1) is 13.3. The Labute approximate surface area is 121 Å². The van der Waals surface area contributed by atoms with Gasteiger partial charge in [0.1, 0.15) is 11.6 Å². The molecule has 0 aliphatic heterocycles. The molecule has 21 heavy (non-hydrogen) atoms. The highest BCUT2D eigenvalue weighted by molar-refractivity contribution is 5.32. The standard InChI is InChI=1S/C14H15FN6/c1-10-18-14(20(2)19-10)16-7-11-8-17-21(9-11)13-5-3-12(15)4-6-13/h3-6,8-9H,7H2,1-2H3,(H,16,18,19). The van der Waals surface area contributed by atoms with Crippen molar-refractivity contribution in [3.8, 4) is 5.69 Å². The van der Waals surface area contributed by atoms with Gasteiger partial charge in [-0.1, -0.05) is 0 Å². The average molecular weight is 286 g/mol. The first-order valence-corrected chi connectivity index (χ1v) is 6.53. The lowest BCUT2D eigenvalue weighted by Gasteiger charge is -2.02. The number of nitrogens with one attached hydrogen (secondary N) is 1. The van der Waals surface area contributed by atoms with Crippen molar-refractivity contribution in [2.75, 3.05) is 5.32 Å². The number of halogens is 1. The van der Waals surface area contributed by atoms with Crippen molar-refractivity contribution in [3.05, 3.63) is 53.9 Å². The maximum absolute atomic E-state index is 12.9. The van der Waals surface area contributed by atoms with Crippen LogP contribution in [0, 0.1) is 12.7 Å². The van der Waals surface area contributed by atoms with E-state index in [-0.39, 0.29) is 5.82 Å². The summed E-state index contributed by atoms with van der Waals surface area (Å²) in [5.41, 5.74) is 1.82. The Hall–Kier alpha value is -2.70. The second kappa shape index (κ2) is 5.35. The van der Waals surface area contributed by atoms with Crippen molar-refractivity contribution in [3.63, 3.8) is 0 Å². The van der Waals surface area contributed by atoms with Gasteiger partial charge in [-0.3, -0.25) is 0 Å². The minimum Gasteiger partial charge on any atom is -0.350 e. The Bertz CT molecular complexity index is 743. The SMILES string of the molecule is Cc1nc(NCc2cnn(-c3ccc(F)cc3)c2)n(C)n1. The van der Waals surface area contributed by atoms with E-state index in [2.05, 4.69) is 20.5 Å². The Morgan fingerprint density at radius 2 is 2.00 bits per heavy atom. The van der Waals surface area contributed by atoms with E-state index in [1.165, 1.54) is 12.1 Å². The van der Waals surface area contributed by atoms with Crippen LogP contribution in [-0.2, 0) is 13.6 Å². The van der Waals surface area contributed by atoms with Gasteiger partial charge in [0.05, 0.1) is 11.9 Å². The quantitative estimate of drug-likeness (QED) is 0.797. The molecule has 2 aromatic heterocycles. The molecule has 108 valence electrons. The number of nitrogens with zero attached hydrogens (tertiary/aromatic N) is 5. The lowest BCUT2D eigenvalue weighted by molar-refractivity contribution is 0.627. The Morgan fingerprint density at radius 1 is 1.24 bits per heavy atom. The highest BCUT2D eigenvalue weighted by atomic mass is 19.1. The molecule has 0 aliphatic rings. The number of anilines is 1. The van der Waals surface area contributed by atoms with Crippen LogP contribution in [0.5, 0.6) is 0 Å². The molecule has 1 N–H and O–H groups in total. The molecule has 1 aromatic carbocycles. The summed E-state index contributed by atoms with van der Waals surface area (Å²) < 4.78 is 16.3. The van der Waals surface area contributed by atoms with Crippen LogP contribution in [0.25, 0.3) is 5.69 Å². The van der Waals surface area contributed by atoms with E-state index in [4.69, 9.17) is 0 Å². The first-order valence-electron chi connectivity index (χ1n) is 6.53. The van der Waals surface area contributed by atoms with E-state index in [0.717, 1.165) is 17.1 Å². The molecule has 0 amide bonds. The molecular weight excluding hydrogens is 271 g/mol. The summed E-state index contributed by atoms with van der Waals surface area (Å²) in [5, 5.41) is 11.6. The third kappa shape index (κ3) is 2.91. The van der Waals surface area contributed by atoms with E-state index < -0.39 is 0 Å². The number of aryl methyl sites for hydroxylation is 2. The zero-order chi connectivity index (χ0) is 14.8. The molecule has 0 fully saturated rings. The number of hydrogen-bond acceptors (Lipinski definition) is 4. The molecule has 0 aliphatic carbocycles.